The number of nitrogens with zero attached hydrogens (tertiary/aromatic N) is 3. The molecular weight excluding hydrogens is 264 g/mol. The molecule has 1 N–H and O–H groups in total. The van der Waals surface area contributed by atoms with Crippen molar-refractivity contribution in [2.45, 2.75) is 37.6 Å². The van der Waals surface area contributed by atoms with Crippen molar-refractivity contribution < 1.29 is 8.42 Å². The molecule has 19 heavy (non-hydrogen) atoms. The quantitative estimate of drug-likeness (QED) is 0.853. The van der Waals surface area contributed by atoms with Gasteiger partial charge in [0.1, 0.15) is 4.90 Å². The van der Waals surface area contributed by atoms with Crippen molar-refractivity contribution in [3.8, 4) is 0 Å². The minimum atomic E-state index is -3.50. The summed E-state index contributed by atoms with van der Waals surface area (Å²) in [4.78, 5) is 8.10. The van der Waals surface area contributed by atoms with E-state index in [4.69, 9.17) is 0 Å². The van der Waals surface area contributed by atoms with Crippen molar-refractivity contribution in [2.24, 2.45) is 5.92 Å². The molecule has 7 heteroatoms. The molecule has 6 nitrogen and oxygen atoms in total. The first-order valence-electron chi connectivity index (χ1n) is 6.46. The zero-order valence-corrected chi connectivity index (χ0v) is 12.3. The van der Waals surface area contributed by atoms with E-state index in [1.54, 1.807) is 11.4 Å². The van der Waals surface area contributed by atoms with Gasteiger partial charge < -0.3 is 5.32 Å². The zero-order valence-electron chi connectivity index (χ0n) is 11.5. The minimum absolute atomic E-state index is 0.0606. The molecule has 1 aromatic heterocycles. The molecule has 0 aliphatic heterocycles. The maximum absolute atomic E-state index is 12.6. The number of sulfonamides is 1. The van der Waals surface area contributed by atoms with Crippen LogP contribution in [-0.2, 0) is 10.0 Å². The van der Waals surface area contributed by atoms with E-state index in [0.717, 1.165) is 12.8 Å². The van der Waals surface area contributed by atoms with Crippen molar-refractivity contribution in [3.63, 3.8) is 0 Å². The Morgan fingerprint density at radius 2 is 1.95 bits per heavy atom. The molecule has 0 radical (unpaired) electrons. The fourth-order valence-corrected chi connectivity index (χ4v) is 3.46. The highest BCUT2D eigenvalue weighted by Crippen LogP contribution is 2.32. The lowest BCUT2D eigenvalue weighted by atomic mass is 10.3. The number of nitrogens with one attached hydrogen (secondary N) is 1. The Kier molecular flexibility index (Phi) is 4.05. The highest BCUT2D eigenvalue weighted by atomic mass is 32.2. The van der Waals surface area contributed by atoms with Gasteiger partial charge in [-0.25, -0.2) is 18.4 Å². The Balaban J connectivity index is 2.26. The van der Waals surface area contributed by atoms with Gasteiger partial charge in [0.2, 0.25) is 16.0 Å². The molecule has 0 aromatic carbocycles. The highest BCUT2D eigenvalue weighted by molar-refractivity contribution is 7.89. The van der Waals surface area contributed by atoms with E-state index in [1.165, 1.54) is 12.4 Å². The van der Waals surface area contributed by atoms with Crippen LogP contribution in [0.4, 0.5) is 5.95 Å². The summed E-state index contributed by atoms with van der Waals surface area (Å²) >= 11 is 0. The number of rotatable bonds is 6. The van der Waals surface area contributed by atoms with E-state index in [2.05, 4.69) is 15.3 Å². The monoisotopic (exact) mass is 284 g/mol. The van der Waals surface area contributed by atoms with Crippen LogP contribution in [0.15, 0.2) is 17.3 Å². The van der Waals surface area contributed by atoms with Crippen molar-refractivity contribution in [3.05, 3.63) is 12.4 Å². The second-order valence-corrected chi connectivity index (χ2v) is 6.99. The van der Waals surface area contributed by atoms with E-state index in [1.807, 2.05) is 13.8 Å². The largest absolute Gasteiger partial charge is 0.357 e. The minimum Gasteiger partial charge on any atom is -0.357 e. The third kappa shape index (κ3) is 3.22. The number of aromatic nitrogens is 2. The first-order chi connectivity index (χ1) is 8.95. The van der Waals surface area contributed by atoms with Gasteiger partial charge in [0.15, 0.2) is 0 Å². The van der Waals surface area contributed by atoms with Crippen LogP contribution in [0.5, 0.6) is 0 Å². The molecule has 0 spiro atoms. The molecule has 1 saturated carbocycles. The van der Waals surface area contributed by atoms with Gasteiger partial charge in [0, 0.05) is 19.6 Å². The Morgan fingerprint density at radius 3 is 2.37 bits per heavy atom. The van der Waals surface area contributed by atoms with E-state index in [9.17, 15) is 8.42 Å². The van der Waals surface area contributed by atoms with Crippen LogP contribution in [0.1, 0.15) is 26.7 Å². The highest BCUT2D eigenvalue weighted by Gasteiger charge is 2.33. The molecule has 1 aromatic rings. The fraction of sp³-hybridized carbons (Fsp3) is 0.667. The molecule has 0 bridgehead atoms. The summed E-state index contributed by atoms with van der Waals surface area (Å²) in [6, 6.07) is -0.0606. The van der Waals surface area contributed by atoms with Crippen molar-refractivity contribution in [1.29, 1.82) is 0 Å². The summed E-state index contributed by atoms with van der Waals surface area (Å²) in [6.45, 7) is 4.37. The standard InChI is InChI=1S/C12H20N4O2S/c1-9(2)16(8-10-4-5-10)19(17,18)11-6-14-12(13-3)15-7-11/h6-7,9-10H,4-5,8H2,1-3H3,(H,13,14,15). The second-order valence-electron chi connectivity index (χ2n) is 5.10. The molecule has 0 atom stereocenters. The number of anilines is 1. The molecule has 0 amide bonds. The predicted octanol–water partition coefficient (Wildman–Crippen LogP) is 1.33. The maximum atomic E-state index is 12.6. The summed E-state index contributed by atoms with van der Waals surface area (Å²) in [5.41, 5.74) is 0. The normalized spacial score (nSPS) is 16.1. The van der Waals surface area contributed by atoms with Crippen LogP contribution >= 0.6 is 0 Å². The third-order valence-electron chi connectivity index (χ3n) is 3.17. The van der Waals surface area contributed by atoms with E-state index < -0.39 is 10.0 Å². The molecular formula is C12H20N4O2S. The van der Waals surface area contributed by atoms with Gasteiger partial charge in [0.25, 0.3) is 0 Å². The van der Waals surface area contributed by atoms with Crippen LogP contribution < -0.4 is 5.32 Å². The number of hydrogen-bond acceptors (Lipinski definition) is 5. The molecule has 1 fully saturated rings. The van der Waals surface area contributed by atoms with Gasteiger partial charge in [-0.3, -0.25) is 0 Å². The molecule has 2 rings (SSSR count). The first-order valence-corrected chi connectivity index (χ1v) is 7.90. The van der Waals surface area contributed by atoms with Crippen LogP contribution in [0, 0.1) is 5.92 Å². The topological polar surface area (TPSA) is 75.2 Å². The van der Waals surface area contributed by atoms with Crippen LogP contribution in [-0.4, -0.2) is 42.3 Å². The Morgan fingerprint density at radius 1 is 1.37 bits per heavy atom. The average Bonchev–Trinajstić information content (AvgIpc) is 3.19. The predicted molar refractivity (Wildman–Crippen MR) is 73.3 cm³/mol. The Bertz CT molecular complexity index is 523. The summed E-state index contributed by atoms with van der Waals surface area (Å²) in [7, 11) is -1.81. The SMILES string of the molecule is CNc1ncc(S(=O)(=O)N(CC2CC2)C(C)C)cn1. The van der Waals surface area contributed by atoms with E-state index in [-0.39, 0.29) is 10.9 Å². The molecule has 1 aliphatic carbocycles. The fourth-order valence-electron chi connectivity index (χ4n) is 1.86. The van der Waals surface area contributed by atoms with Crippen LogP contribution in [0.25, 0.3) is 0 Å². The number of hydrogen-bond donors (Lipinski definition) is 1. The van der Waals surface area contributed by atoms with Gasteiger partial charge in [-0.1, -0.05) is 0 Å². The van der Waals surface area contributed by atoms with Gasteiger partial charge in [-0.15, -0.1) is 0 Å². The van der Waals surface area contributed by atoms with Gasteiger partial charge in [-0.2, -0.15) is 4.31 Å². The van der Waals surface area contributed by atoms with Gasteiger partial charge in [0.05, 0.1) is 12.4 Å². The summed E-state index contributed by atoms with van der Waals surface area (Å²) < 4.78 is 26.7. The van der Waals surface area contributed by atoms with Gasteiger partial charge in [-0.05, 0) is 32.6 Å². The summed E-state index contributed by atoms with van der Waals surface area (Å²) in [5, 5.41) is 2.77. The first kappa shape index (κ1) is 14.2. The van der Waals surface area contributed by atoms with Crippen LogP contribution in [0.2, 0.25) is 0 Å². The Labute approximate surface area is 114 Å². The van der Waals surface area contributed by atoms with E-state index in [0.29, 0.717) is 18.4 Å². The Hall–Kier alpha value is -1.21. The lowest BCUT2D eigenvalue weighted by Gasteiger charge is -2.25. The van der Waals surface area contributed by atoms with E-state index >= 15 is 0 Å². The lowest BCUT2D eigenvalue weighted by molar-refractivity contribution is 0.341. The average molecular weight is 284 g/mol. The molecule has 106 valence electrons. The summed E-state index contributed by atoms with van der Waals surface area (Å²) in [5.74, 6) is 0.923. The van der Waals surface area contributed by atoms with Crippen molar-refractivity contribution in [2.75, 3.05) is 18.9 Å². The smallest absolute Gasteiger partial charge is 0.246 e. The maximum Gasteiger partial charge on any atom is 0.246 e. The zero-order chi connectivity index (χ0) is 14.0. The molecule has 0 unspecified atom stereocenters. The molecule has 0 saturated heterocycles. The lowest BCUT2D eigenvalue weighted by Crippen LogP contribution is -2.38. The summed E-state index contributed by atoms with van der Waals surface area (Å²) in [6.07, 6.45) is 4.95. The molecule has 1 aliphatic rings. The second kappa shape index (κ2) is 5.42. The third-order valence-corrected chi connectivity index (χ3v) is 5.16. The van der Waals surface area contributed by atoms with Gasteiger partial charge >= 0.3 is 0 Å². The molecule has 1 heterocycles. The van der Waals surface area contributed by atoms with Crippen LogP contribution in [0.3, 0.4) is 0 Å². The van der Waals surface area contributed by atoms with Crippen molar-refractivity contribution in [1.82, 2.24) is 14.3 Å². The van der Waals surface area contributed by atoms with Crippen molar-refractivity contribution >= 4 is 16.0 Å².